The first-order valence-corrected chi connectivity index (χ1v) is 8.88. The summed E-state index contributed by atoms with van der Waals surface area (Å²) in [5.74, 6) is 3.42. The molecule has 0 aliphatic carbocycles. The molecule has 0 spiro atoms. The Hall–Kier alpha value is -2.43. The lowest BCUT2D eigenvalue weighted by Gasteiger charge is -2.16. The van der Waals surface area contributed by atoms with Crippen molar-refractivity contribution >= 4 is 35.8 Å². The fraction of sp³-hybridized carbons (Fsp3) is 0.400. The highest BCUT2D eigenvalue weighted by Crippen LogP contribution is 2.38. The highest BCUT2D eigenvalue weighted by molar-refractivity contribution is 14.0. The Kier molecular flexibility index (Phi) is 10.4. The van der Waals surface area contributed by atoms with Crippen LogP contribution in [0.2, 0.25) is 0 Å². The van der Waals surface area contributed by atoms with Crippen molar-refractivity contribution < 1.29 is 14.2 Å². The van der Waals surface area contributed by atoms with Gasteiger partial charge in [0.15, 0.2) is 17.5 Å². The van der Waals surface area contributed by atoms with Crippen LogP contribution in [0.25, 0.3) is 0 Å². The zero-order valence-corrected chi connectivity index (χ0v) is 20.1. The number of ether oxygens (including phenoxy) is 3. The van der Waals surface area contributed by atoms with Gasteiger partial charge in [-0.1, -0.05) is 0 Å². The second kappa shape index (κ2) is 12.2. The number of aliphatic imine (C=N–C) groups is 1. The molecule has 0 saturated carbocycles. The maximum absolute atomic E-state index is 5.40. The number of rotatable bonds is 8. The Balaban J connectivity index is 0.00000420. The number of nitrogens with zero attached hydrogens (tertiary/aromatic N) is 3. The number of anilines is 1. The second-order valence-corrected chi connectivity index (χ2v) is 6.23. The zero-order chi connectivity index (χ0) is 20.5. The summed E-state index contributed by atoms with van der Waals surface area (Å²) in [4.78, 5) is 10.6. The fourth-order valence-electron chi connectivity index (χ4n) is 2.64. The summed E-state index contributed by atoms with van der Waals surface area (Å²) in [5.41, 5.74) is 2.10. The smallest absolute Gasteiger partial charge is 0.203 e. The molecule has 160 valence electrons. The van der Waals surface area contributed by atoms with Crippen molar-refractivity contribution in [3.8, 4) is 17.2 Å². The van der Waals surface area contributed by atoms with E-state index in [9.17, 15) is 0 Å². The number of pyridine rings is 1. The number of aromatic nitrogens is 1. The van der Waals surface area contributed by atoms with Crippen molar-refractivity contribution in [2.24, 2.45) is 4.99 Å². The third-order valence-corrected chi connectivity index (χ3v) is 4.14. The van der Waals surface area contributed by atoms with Crippen LogP contribution in [0.3, 0.4) is 0 Å². The molecule has 1 heterocycles. The molecule has 2 N–H and O–H groups in total. The summed E-state index contributed by atoms with van der Waals surface area (Å²) in [6.45, 7) is 1.19. The first-order chi connectivity index (χ1) is 13.5. The van der Waals surface area contributed by atoms with Gasteiger partial charge in [-0.25, -0.2) is 4.98 Å². The van der Waals surface area contributed by atoms with Crippen molar-refractivity contribution in [2.75, 3.05) is 47.4 Å². The molecule has 2 aromatic rings. The van der Waals surface area contributed by atoms with Gasteiger partial charge in [0.25, 0.3) is 0 Å². The van der Waals surface area contributed by atoms with Gasteiger partial charge in [0.2, 0.25) is 5.75 Å². The summed E-state index contributed by atoms with van der Waals surface area (Å²) in [5, 5.41) is 6.60. The third kappa shape index (κ3) is 6.84. The molecule has 1 aromatic carbocycles. The van der Waals surface area contributed by atoms with Gasteiger partial charge in [-0.3, -0.25) is 4.99 Å². The second-order valence-electron chi connectivity index (χ2n) is 6.23. The first kappa shape index (κ1) is 24.6. The van der Waals surface area contributed by atoms with Crippen LogP contribution in [0.5, 0.6) is 17.2 Å². The maximum Gasteiger partial charge on any atom is 0.203 e. The first-order valence-electron chi connectivity index (χ1n) is 8.88. The van der Waals surface area contributed by atoms with E-state index in [4.69, 9.17) is 14.2 Å². The van der Waals surface area contributed by atoms with Crippen molar-refractivity contribution in [3.05, 3.63) is 41.6 Å². The molecular weight excluding hydrogens is 485 g/mol. The van der Waals surface area contributed by atoms with Gasteiger partial charge in [-0.15, -0.1) is 24.0 Å². The molecule has 0 fully saturated rings. The third-order valence-electron chi connectivity index (χ3n) is 4.14. The van der Waals surface area contributed by atoms with Gasteiger partial charge in [0, 0.05) is 40.4 Å². The van der Waals surface area contributed by atoms with Gasteiger partial charge in [-0.2, -0.15) is 0 Å². The van der Waals surface area contributed by atoms with Crippen LogP contribution in [-0.2, 0) is 13.1 Å². The number of methoxy groups -OCH3 is 3. The molecule has 0 unspecified atom stereocenters. The van der Waals surface area contributed by atoms with Crippen LogP contribution >= 0.6 is 24.0 Å². The van der Waals surface area contributed by atoms with Crippen LogP contribution < -0.4 is 29.7 Å². The van der Waals surface area contributed by atoms with Gasteiger partial charge >= 0.3 is 0 Å². The largest absolute Gasteiger partial charge is 0.493 e. The lowest BCUT2D eigenvalue weighted by Crippen LogP contribution is -2.36. The molecule has 9 heteroatoms. The highest BCUT2D eigenvalue weighted by Gasteiger charge is 2.13. The number of hydrogen-bond acceptors (Lipinski definition) is 6. The van der Waals surface area contributed by atoms with Gasteiger partial charge in [-0.05, 0) is 35.4 Å². The van der Waals surface area contributed by atoms with Crippen LogP contribution in [0.15, 0.2) is 35.5 Å². The summed E-state index contributed by atoms with van der Waals surface area (Å²) in [6, 6.07) is 7.84. The predicted octanol–water partition coefficient (Wildman–Crippen LogP) is 2.66. The van der Waals surface area contributed by atoms with E-state index < -0.39 is 0 Å². The standard InChI is InChI=1S/C20H29N5O3.HI/c1-21-20(23-12-14-7-8-22-18(11-14)25(2)3)24-13-15-9-16(26-4)19(28-6)17(10-15)27-5;/h7-11H,12-13H2,1-6H3,(H2,21,23,24);1H. The van der Waals surface area contributed by atoms with E-state index in [1.54, 1.807) is 34.6 Å². The Labute approximate surface area is 189 Å². The maximum atomic E-state index is 5.40. The van der Waals surface area contributed by atoms with Crippen molar-refractivity contribution in [3.63, 3.8) is 0 Å². The molecule has 0 amide bonds. The molecule has 8 nitrogen and oxygen atoms in total. The summed E-state index contributed by atoms with van der Waals surface area (Å²) in [7, 11) is 10.5. The topological polar surface area (TPSA) is 80.2 Å². The molecule has 2 rings (SSSR count). The molecule has 0 radical (unpaired) electrons. The number of guanidine groups is 1. The van der Waals surface area contributed by atoms with Gasteiger partial charge < -0.3 is 29.7 Å². The van der Waals surface area contributed by atoms with E-state index in [1.165, 1.54) is 0 Å². The lowest BCUT2D eigenvalue weighted by molar-refractivity contribution is 0.323. The van der Waals surface area contributed by atoms with Crippen LogP contribution in [0.4, 0.5) is 5.82 Å². The molecule has 0 aliphatic heterocycles. The van der Waals surface area contributed by atoms with Crippen LogP contribution in [0, 0.1) is 0 Å². The van der Waals surface area contributed by atoms with E-state index in [1.807, 2.05) is 43.3 Å². The quantitative estimate of drug-likeness (QED) is 0.318. The number of benzene rings is 1. The van der Waals surface area contributed by atoms with Crippen molar-refractivity contribution in [2.45, 2.75) is 13.1 Å². The molecule has 0 atom stereocenters. The average Bonchev–Trinajstić information content (AvgIpc) is 2.73. The lowest BCUT2D eigenvalue weighted by atomic mass is 10.2. The minimum Gasteiger partial charge on any atom is -0.493 e. The van der Waals surface area contributed by atoms with Gasteiger partial charge in [0.1, 0.15) is 5.82 Å². The highest BCUT2D eigenvalue weighted by atomic mass is 127. The van der Waals surface area contributed by atoms with E-state index in [-0.39, 0.29) is 24.0 Å². The Bertz CT molecular complexity index is 789. The van der Waals surface area contributed by atoms with E-state index in [2.05, 4.69) is 20.6 Å². The zero-order valence-electron chi connectivity index (χ0n) is 17.8. The SMILES string of the molecule is CN=C(NCc1ccnc(N(C)C)c1)NCc1cc(OC)c(OC)c(OC)c1.I. The average molecular weight is 515 g/mol. The fourth-order valence-corrected chi connectivity index (χ4v) is 2.64. The minimum atomic E-state index is 0. The Morgan fingerprint density at radius 1 is 0.966 bits per heavy atom. The normalized spacial score (nSPS) is 10.6. The van der Waals surface area contributed by atoms with Crippen LogP contribution in [0.1, 0.15) is 11.1 Å². The van der Waals surface area contributed by atoms with Gasteiger partial charge in [0.05, 0.1) is 21.3 Å². The molecule has 1 aromatic heterocycles. The van der Waals surface area contributed by atoms with Crippen molar-refractivity contribution in [1.29, 1.82) is 0 Å². The minimum absolute atomic E-state index is 0. The summed E-state index contributed by atoms with van der Waals surface area (Å²) >= 11 is 0. The molecule has 0 saturated heterocycles. The monoisotopic (exact) mass is 515 g/mol. The van der Waals surface area contributed by atoms with Crippen LogP contribution in [-0.4, -0.2) is 53.4 Å². The molecular formula is C20H30IN5O3. The number of halogens is 1. The summed E-state index contributed by atoms with van der Waals surface area (Å²) < 4.78 is 16.2. The van der Waals surface area contributed by atoms with E-state index >= 15 is 0 Å². The number of hydrogen-bond donors (Lipinski definition) is 2. The Morgan fingerprint density at radius 3 is 2.03 bits per heavy atom. The van der Waals surface area contributed by atoms with E-state index in [0.717, 1.165) is 16.9 Å². The number of nitrogens with one attached hydrogen (secondary N) is 2. The summed E-state index contributed by atoms with van der Waals surface area (Å²) in [6.07, 6.45) is 1.80. The van der Waals surface area contributed by atoms with Crippen molar-refractivity contribution in [1.82, 2.24) is 15.6 Å². The molecule has 0 bridgehead atoms. The van der Waals surface area contributed by atoms with E-state index in [0.29, 0.717) is 36.3 Å². The molecule has 0 aliphatic rings. The predicted molar refractivity (Wildman–Crippen MR) is 127 cm³/mol. The molecule has 29 heavy (non-hydrogen) atoms. The Morgan fingerprint density at radius 2 is 1.55 bits per heavy atom.